The average Bonchev–Trinajstić information content (AvgIpc) is 3.01. The lowest BCUT2D eigenvalue weighted by Crippen LogP contribution is -2.32. The van der Waals surface area contributed by atoms with E-state index in [0.29, 0.717) is 17.7 Å². The monoisotopic (exact) mass is 298 g/mol. The van der Waals surface area contributed by atoms with Gasteiger partial charge < -0.3 is 9.67 Å². The second kappa shape index (κ2) is 5.16. The van der Waals surface area contributed by atoms with E-state index in [1.165, 1.54) is 0 Å². The third kappa shape index (κ3) is 2.77. The Kier molecular flexibility index (Phi) is 3.64. The third-order valence-corrected chi connectivity index (χ3v) is 5.82. The number of aliphatic hydroxyl groups excluding tert-OH is 1. The second-order valence-electron chi connectivity index (χ2n) is 6.20. The van der Waals surface area contributed by atoms with Crippen molar-refractivity contribution in [3.63, 3.8) is 0 Å². The van der Waals surface area contributed by atoms with Gasteiger partial charge in [-0.1, -0.05) is 6.92 Å². The molecule has 2 saturated carbocycles. The Labute approximate surface area is 120 Å². The molecule has 2 unspecified atom stereocenters. The molecule has 2 aliphatic carbocycles. The predicted molar refractivity (Wildman–Crippen MR) is 75.8 cm³/mol. The van der Waals surface area contributed by atoms with Gasteiger partial charge in [0, 0.05) is 24.0 Å². The molecule has 2 N–H and O–H groups in total. The Balaban J connectivity index is 1.80. The van der Waals surface area contributed by atoms with E-state index in [1.54, 1.807) is 12.3 Å². The van der Waals surface area contributed by atoms with E-state index in [9.17, 15) is 13.5 Å². The highest BCUT2D eigenvalue weighted by Gasteiger charge is 2.30. The lowest BCUT2D eigenvalue weighted by atomic mass is 10.1. The fourth-order valence-electron chi connectivity index (χ4n) is 3.06. The molecule has 0 saturated heterocycles. The summed E-state index contributed by atoms with van der Waals surface area (Å²) in [6.07, 6.45) is 6.71. The molecule has 0 spiro atoms. The van der Waals surface area contributed by atoms with Crippen LogP contribution in [0.25, 0.3) is 0 Å². The maximum Gasteiger partial charge on any atom is 0.242 e. The van der Waals surface area contributed by atoms with Gasteiger partial charge in [-0.3, -0.25) is 0 Å². The fraction of sp³-hybridized carbons (Fsp3) is 0.714. The summed E-state index contributed by atoms with van der Waals surface area (Å²) >= 11 is 0. The normalized spacial score (nSPS) is 27.1. The van der Waals surface area contributed by atoms with E-state index in [2.05, 4.69) is 11.6 Å². The van der Waals surface area contributed by atoms with Gasteiger partial charge in [0.05, 0.1) is 11.5 Å². The summed E-state index contributed by atoms with van der Waals surface area (Å²) in [5.41, 5.74) is 0.688. The van der Waals surface area contributed by atoms with Crippen LogP contribution in [0.3, 0.4) is 0 Å². The molecule has 6 heteroatoms. The summed E-state index contributed by atoms with van der Waals surface area (Å²) in [6.45, 7) is 2.04. The SMILES string of the molecule is CC1CCC(NS(=O)(=O)c2cc(CO)n(C3CC3)c2)C1. The molecule has 5 nitrogen and oxygen atoms in total. The molecule has 3 rings (SSSR count). The number of nitrogens with zero attached hydrogens (tertiary/aromatic N) is 1. The van der Waals surface area contributed by atoms with Crippen molar-refractivity contribution < 1.29 is 13.5 Å². The van der Waals surface area contributed by atoms with E-state index >= 15 is 0 Å². The number of rotatable bonds is 5. The van der Waals surface area contributed by atoms with Crippen LogP contribution in [0.15, 0.2) is 17.2 Å². The molecule has 2 fully saturated rings. The summed E-state index contributed by atoms with van der Waals surface area (Å²) in [6, 6.07) is 2.02. The molecular formula is C14H22N2O3S. The van der Waals surface area contributed by atoms with Crippen molar-refractivity contribution in [3.05, 3.63) is 18.0 Å². The summed E-state index contributed by atoms with van der Waals surface area (Å²) < 4.78 is 29.5. The minimum absolute atomic E-state index is 0.0526. The molecule has 1 heterocycles. The maximum atomic E-state index is 12.4. The molecule has 2 atom stereocenters. The Hall–Kier alpha value is -0.850. The molecular weight excluding hydrogens is 276 g/mol. The zero-order valence-corrected chi connectivity index (χ0v) is 12.6. The van der Waals surface area contributed by atoms with Crippen LogP contribution in [0.5, 0.6) is 0 Å². The van der Waals surface area contributed by atoms with Crippen LogP contribution in [-0.4, -0.2) is 24.1 Å². The van der Waals surface area contributed by atoms with Gasteiger partial charge in [0.2, 0.25) is 10.0 Å². The van der Waals surface area contributed by atoms with Crippen LogP contribution in [-0.2, 0) is 16.6 Å². The summed E-state index contributed by atoms with van der Waals surface area (Å²) in [5, 5.41) is 9.36. The number of nitrogens with one attached hydrogen (secondary N) is 1. The van der Waals surface area contributed by atoms with Gasteiger partial charge >= 0.3 is 0 Å². The summed E-state index contributed by atoms with van der Waals surface area (Å²) in [5.74, 6) is 0.590. The van der Waals surface area contributed by atoms with Gasteiger partial charge in [0.1, 0.15) is 0 Å². The maximum absolute atomic E-state index is 12.4. The summed E-state index contributed by atoms with van der Waals surface area (Å²) in [7, 11) is -3.47. The highest BCUT2D eigenvalue weighted by molar-refractivity contribution is 7.89. The van der Waals surface area contributed by atoms with E-state index in [1.807, 2.05) is 4.57 Å². The van der Waals surface area contributed by atoms with E-state index in [4.69, 9.17) is 0 Å². The number of aliphatic hydroxyl groups is 1. The number of hydrogen-bond acceptors (Lipinski definition) is 3. The van der Waals surface area contributed by atoms with Crippen molar-refractivity contribution in [1.29, 1.82) is 0 Å². The first-order valence-electron chi connectivity index (χ1n) is 7.33. The highest BCUT2D eigenvalue weighted by atomic mass is 32.2. The van der Waals surface area contributed by atoms with Gasteiger partial charge in [-0.2, -0.15) is 0 Å². The summed E-state index contributed by atoms with van der Waals surface area (Å²) in [4.78, 5) is 0.285. The Morgan fingerprint density at radius 3 is 2.65 bits per heavy atom. The minimum Gasteiger partial charge on any atom is -0.390 e. The molecule has 112 valence electrons. The molecule has 0 bridgehead atoms. The minimum atomic E-state index is -3.47. The van der Waals surface area contributed by atoms with Gasteiger partial charge in [0.25, 0.3) is 0 Å². The largest absolute Gasteiger partial charge is 0.390 e. The fourth-order valence-corrected chi connectivity index (χ4v) is 4.40. The van der Waals surface area contributed by atoms with Crippen molar-refractivity contribution >= 4 is 10.0 Å². The topological polar surface area (TPSA) is 71.3 Å². The number of hydrogen-bond donors (Lipinski definition) is 2. The van der Waals surface area contributed by atoms with E-state index in [-0.39, 0.29) is 17.5 Å². The van der Waals surface area contributed by atoms with Crippen molar-refractivity contribution in [2.75, 3.05) is 0 Å². The van der Waals surface area contributed by atoms with Gasteiger partial charge in [-0.15, -0.1) is 0 Å². The Morgan fingerprint density at radius 1 is 1.35 bits per heavy atom. The van der Waals surface area contributed by atoms with Crippen molar-refractivity contribution in [1.82, 2.24) is 9.29 Å². The van der Waals surface area contributed by atoms with Crippen LogP contribution in [0.1, 0.15) is 50.8 Å². The van der Waals surface area contributed by atoms with E-state index < -0.39 is 10.0 Å². The standard InChI is InChI=1S/C14H22N2O3S/c1-10-2-3-11(6-10)15-20(18,19)14-7-13(9-17)16(8-14)12-4-5-12/h7-8,10-12,15,17H,2-6,9H2,1H3. The molecule has 0 amide bonds. The van der Waals surface area contributed by atoms with Crippen LogP contribution >= 0.6 is 0 Å². The van der Waals surface area contributed by atoms with E-state index in [0.717, 1.165) is 32.1 Å². The molecule has 1 aromatic rings. The van der Waals surface area contributed by atoms with Crippen molar-refractivity contribution in [3.8, 4) is 0 Å². The first-order valence-corrected chi connectivity index (χ1v) is 8.82. The van der Waals surface area contributed by atoms with Crippen LogP contribution in [0.2, 0.25) is 0 Å². The smallest absolute Gasteiger partial charge is 0.242 e. The molecule has 0 aromatic carbocycles. The lowest BCUT2D eigenvalue weighted by molar-refractivity contribution is 0.270. The van der Waals surface area contributed by atoms with Crippen LogP contribution in [0, 0.1) is 5.92 Å². The van der Waals surface area contributed by atoms with Gasteiger partial charge in [0.15, 0.2) is 0 Å². The predicted octanol–water partition coefficient (Wildman–Crippen LogP) is 1.78. The number of sulfonamides is 1. The molecule has 0 radical (unpaired) electrons. The zero-order chi connectivity index (χ0) is 14.3. The Bertz CT molecular complexity index is 590. The third-order valence-electron chi connectivity index (χ3n) is 4.34. The number of aromatic nitrogens is 1. The molecule has 20 heavy (non-hydrogen) atoms. The lowest BCUT2D eigenvalue weighted by Gasteiger charge is -2.11. The van der Waals surface area contributed by atoms with Gasteiger partial charge in [-0.25, -0.2) is 13.1 Å². The molecule has 0 aliphatic heterocycles. The highest BCUT2D eigenvalue weighted by Crippen LogP contribution is 2.37. The second-order valence-corrected chi connectivity index (χ2v) is 7.91. The molecule has 2 aliphatic rings. The first kappa shape index (κ1) is 14.1. The average molecular weight is 298 g/mol. The van der Waals surface area contributed by atoms with Crippen LogP contribution in [0.4, 0.5) is 0 Å². The molecule has 1 aromatic heterocycles. The quantitative estimate of drug-likeness (QED) is 0.870. The van der Waals surface area contributed by atoms with Crippen molar-refractivity contribution in [2.24, 2.45) is 5.92 Å². The van der Waals surface area contributed by atoms with Crippen molar-refractivity contribution in [2.45, 2.75) is 62.6 Å². The van der Waals surface area contributed by atoms with Gasteiger partial charge in [-0.05, 0) is 44.1 Å². The zero-order valence-electron chi connectivity index (χ0n) is 11.7. The first-order chi connectivity index (χ1) is 9.49. The van der Waals surface area contributed by atoms with Crippen LogP contribution < -0.4 is 4.72 Å². The Morgan fingerprint density at radius 2 is 2.10 bits per heavy atom.